The van der Waals surface area contributed by atoms with E-state index in [0.717, 1.165) is 24.3 Å². The number of amides is 1. The number of aryl methyl sites for hydroxylation is 1. The van der Waals surface area contributed by atoms with E-state index in [1.54, 1.807) is 18.2 Å². The van der Waals surface area contributed by atoms with Gasteiger partial charge in [0.15, 0.2) is 4.80 Å². The summed E-state index contributed by atoms with van der Waals surface area (Å²) < 4.78 is 13.1. The molecule has 0 spiro atoms. The van der Waals surface area contributed by atoms with Gasteiger partial charge in [0, 0.05) is 22.7 Å². The minimum Gasteiger partial charge on any atom is -0.496 e. The highest BCUT2D eigenvalue weighted by Gasteiger charge is 2.17. The molecule has 0 radical (unpaired) electrons. The fraction of sp³-hybridized carbons (Fsp3) is 0.444. The summed E-state index contributed by atoms with van der Waals surface area (Å²) in [5.74, 6) is 0.105. The van der Waals surface area contributed by atoms with Crippen LogP contribution in [0.25, 0.3) is 0 Å². The number of thiazole rings is 1. The maximum absolute atomic E-state index is 12.7. The van der Waals surface area contributed by atoms with Crippen LogP contribution in [0.15, 0.2) is 29.4 Å². The van der Waals surface area contributed by atoms with Gasteiger partial charge in [-0.05, 0) is 44.4 Å². The first kappa shape index (κ1) is 18.2. The Labute approximate surface area is 155 Å². The smallest absolute Gasteiger partial charge is 0.283 e. The molecule has 0 bridgehead atoms. The van der Waals surface area contributed by atoms with Gasteiger partial charge in [0.05, 0.1) is 25.3 Å². The lowest BCUT2D eigenvalue weighted by Gasteiger charge is -2.22. The SMILES string of the molecule is COc1ccc(Cl)cc1C(=O)/N=c1\sc(C)cn1CC1CCCCO1. The summed E-state index contributed by atoms with van der Waals surface area (Å²) in [6, 6.07) is 4.95. The monoisotopic (exact) mass is 380 g/mol. The molecule has 1 aliphatic rings. The third kappa shape index (κ3) is 4.51. The summed E-state index contributed by atoms with van der Waals surface area (Å²) in [6.45, 7) is 3.52. The molecule has 3 rings (SSSR count). The zero-order chi connectivity index (χ0) is 17.8. The van der Waals surface area contributed by atoms with Gasteiger partial charge in [0.1, 0.15) is 5.75 Å². The van der Waals surface area contributed by atoms with Crippen molar-refractivity contribution in [3.05, 3.63) is 44.7 Å². The van der Waals surface area contributed by atoms with Crippen molar-refractivity contribution in [2.24, 2.45) is 4.99 Å². The van der Waals surface area contributed by atoms with E-state index >= 15 is 0 Å². The van der Waals surface area contributed by atoms with Crippen LogP contribution in [0.5, 0.6) is 5.75 Å². The van der Waals surface area contributed by atoms with Crippen LogP contribution in [0.2, 0.25) is 5.02 Å². The van der Waals surface area contributed by atoms with Crippen LogP contribution < -0.4 is 9.54 Å². The Morgan fingerprint density at radius 1 is 1.48 bits per heavy atom. The minimum atomic E-state index is -0.362. The molecule has 2 heterocycles. The summed E-state index contributed by atoms with van der Waals surface area (Å²) in [5.41, 5.74) is 0.363. The van der Waals surface area contributed by atoms with Gasteiger partial charge in [-0.25, -0.2) is 0 Å². The van der Waals surface area contributed by atoms with Gasteiger partial charge in [-0.2, -0.15) is 4.99 Å². The van der Waals surface area contributed by atoms with E-state index in [1.807, 2.05) is 17.7 Å². The molecule has 25 heavy (non-hydrogen) atoms. The molecule has 1 atom stereocenters. The Balaban J connectivity index is 1.90. The van der Waals surface area contributed by atoms with Crippen LogP contribution in [-0.4, -0.2) is 30.3 Å². The fourth-order valence-electron chi connectivity index (χ4n) is 2.89. The summed E-state index contributed by atoms with van der Waals surface area (Å²) in [6.07, 6.45) is 5.53. The number of rotatable bonds is 4. The van der Waals surface area contributed by atoms with Gasteiger partial charge in [-0.15, -0.1) is 11.3 Å². The standard InChI is InChI=1S/C18H21ClN2O3S/c1-12-10-21(11-14-5-3-4-8-24-14)18(25-12)20-17(22)15-9-13(19)6-7-16(15)23-2/h6-7,9-10,14H,3-5,8,11H2,1-2H3/b20-18-. The van der Waals surface area contributed by atoms with E-state index in [0.29, 0.717) is 27.7 Å². The zero-order valence-electron chi connectivity index (χ0n) is 14.3. The maximum atomic E-state index is 12.7. The number of carbonyl (C=O) groups excluding carboxylic acids is 1. The molecule has 0 saturated carbocycles. The molecule has 2 aromatic rings. The molecule has 7 heteroatoms. The van der Waals surface area contributed by atoms with E-state index in [4.69, 9.17) is 21.1 Å². The van der Waals surface area contributed by atoms with Crippen LogP contribution in [0.1, 0.15) is 34.5 Å². The van der Waals surface area contributed by atoms with Crippen molar-refractivity contribution >= 4 is 28.8 Å². The van der Waals surface area contributed by atoms with Crippen molar-refractivity contribution in [1.29, 1.82) is 0 Å². The predicted molar refractivity (Wildman–Crippen MR) is 98.5 cm³/mol. The van der Waals surface area contributed by atoms with Crippen molar-refractivity contribution in [1.82, 2.24) is 4.57 Å². The normalized spacial score (nSPS) is 18.4. The summed E-state index contributed by atoms with van der Waals surface area (Å²) in [7, 11) is 1.52. The molecule has 1 saturated heterocycles. The summed E-state index contributed by atoms with van der Waals surface area (Å²) in [4.78, 5) is 18.7. The van der Waals surface area contributed by atoms with Crippen molar-refractivity contribution in [2.45, 2.75) is 38.8 Å². The number of methoxy groups -OCH3 is 1. The number of nitrogens with zero attached hydrogens (tertiary/aromatic N) is 2. The minimum absolute atomic E-state index is 0.178. The predicted octanol–water partition coefficient (Wildman–Crippen LogP) is 3.83. The van der Waals surface area contributed by atoms with E-state index in [1.165, 1.54) is 24.9 Å². The van der Waals surface area contributed by atoms with Crippen LogP contribution in [0.3, 0.4) is 0 Å². The first-order valence-electron chi connectivity index (χ1n) is 8.28. The second-order valence-corrected chi connectivity index (χ2v) is 7.68. The number of aromatic nitrogens is 1. The van der Waals surface area contributed by atoms with Crippen LogP contribution in [0, 0.1) is 6.92 Å². The van der Waals surface area contributed by atoms with Crippen molar-refractivity contribution in [3.63, 3.8) is 0 Å². The number of benzene rings is 1. The van der Waals surface area contributed by atoms with Crippen LogP contribution >= 0.6 is 22.9 Å². The first-order valence-corrected chi connectivity index (χ1v) is 9.47. The molecule has 1 amide bonds. The van der Waals surface area contributed by atoms with Gasteiger partial charge in [0.25, 0.3) is 5.91 Å². The van der Waals surface area contributed by atoms with E-state index in [2.05, 4.69) is 4.99 Å². The van der Waals surface area contributed by atoms with E-state index in [9.17, 15) is 4.79 Å². The lowest BCUT2D eigenvalue weighted by molar-refractivity contribution is 0.00554. The molecule has 1 aliphatic heterocycles. The second kappa shape index (κ2) is 8.17. The number of hydrogen-bond donors (Lipinski definition) is 0. The fourth-order valence-corrected chi connectivity index (χ4v) is 3.90. The highest BCUT2D eigenvalue weighted by molar-refractivity contribution is 7.09. The number of carbonyl (C=O) groups is 1. The molecule has 1 fully saturated rings. The number of ether oxygens (including phenoxy) is 2. The molecule has 1 unspecified atom stereocenters. The Kier molecular flexibility index (Phi) is 5.93. The molecule has 1 aromatic carbocycles. The average molecular weight is 381 g/mol. The summed E-state index contributed by atoms with van der Waals surface area (Å²) >= 11 is 7.51. The van der Waals surface area contributed by atoms with Gasteiger partial charge < -0.3 is 14.0 Å². The lowest BCUT2D eigenvalue weighted by Crippen LogP contribution is -2.28. The Morgan fingerprint density at radius 2 is 2.32 bits per heavy atom. The van der Waals surface area contributed by atoms with Crippen molar-refractivity contribution < 1.29 is 14.3 Å². The van der Waals surface area contributed by atoms with Gasteiger partial charge in [0.2, 0.25) is 0 Å². The molecule has 134 valence electrons. The molecular weight excluding hydrogens is 360 g/mol. The topological polar surface area (TPSA) is 52.8 Å². The van der Waals surface area contributed by atoms with E-state index < -0.39 is 0 Å². The quantitative estimate of drug-likeness (QED) is 0.809. The Morgan fingerprint density at radius 3 is 3.04 bits per heavy atom. The van der Waals surface area contributed by atoms with Crippen LogP contribution in [0.4, 0.5) is 0 Å². The molecule has 0 aliphatic carbocycles. The van der Waals surface area contributed by atoms with Gasteiger partial charge >= 0.3 is 0 Å². The van der Waals surface area contributed by atoms with E-state index in [-0.39, 0.29) is 12.0 Å². The highest BCUT2D eigenvalue weighted by atomic mass is 35.5. The molecular formula is C18H21ClN2O3S. The van der Waals surface area contributed by atoms with Gasteiger partial charge in [-0.1, -0.05) is 11.6 Å². The van der Waals surface area contributed by atoms with Crippen molar-refractivity contribution in [3.8, 4) is 5.75 Å². The maximum Gasteiger partial charge on any atom is 0.283 e. The first-order chi connectivity index (χ1) is 12.1. The highest BCUT2D eigenvalue weighted by Crippen LogP contribution is 2.23. The third-order valence-corrected chi connectivity index (χ3v) is 5.27. The average Bonchev–Trinajstić information content (AvgIpc) is 2.94. The third-order valence-electron chi connectivity index (χ3n) is 4.10. The lowest BCUT2D eigenvalue weighted by atomic mass is 10.1. The largest absolute Gasteiger partial charge is 0.496 e. The Bertz CT molecular complexity index is 822. The van der Waals surface area contributed by atoms with Gasteiger partial charge in [-0.3, -0.25) is 4.79 Å². The number of hydrogen-bond acceptors (Lipinski definition) is 4. The number of halogens is 1. The summed E-state index contributed by atoms with van der Waals surface area (Å²) in [5, 5.41) is 0.477. The molecule has 1 aromatic heterocycles. The van der Waals surface area contributed by atoms with Crippen molar-refractivity contribution in [2.75, 3.05) is 13.7 Å². The van der Waals surface area contributed by atoms with Crippen LogP contribution in [-0.2, 0) is 11.3 Å². The second-order valence-electron chi connectivity index (χ2n) is 6.03. The molecule has 0 N–H and O–H groups in total. The zero-order valence-corrected chi connectivity index (χ0v) is 15.9. The molecule has 5 nitrogen and oxygen atoms in total. The Hall–Kier alpha value is -1.63.